The number of piperazine rings is 1. The molecule has 3 aliphatic rings. The largest absolute Gasteiger partial charge is 0.355 e. The van der Waals surface area contributed by atoms with Gasteiger partial charge in [-0.3, -0.25) is 14.7 Å². The third kappa shape index (κ3) is 8.65. The quantitative estimate of drug-likeness (QED) is 0.251. The van der Waals surface area contributed by atoms with Gasteiger partial charge in [0.2, 0.25) is 15.9 Å². The van der Waals surface area contributed by atoms with Crippen LogP contribution in [0.5, 0.6) is 0 Å². The lowest BCUT2D eigenvalue weighted by Gasteiger charge is -2.37. The second-order valence-corrected chi connectivity index (χ2v) is 10.6. The summed E-state index contributed by atoms with van der Waals surface area (Å²) in [6.45, 7) is 6.35. The lowest BCUT2D eigenvalue weighted by molar-refractivity contribution is -0.133. The Morgan fingerprint density at radius 1 is 0.968 bits per heavy atom. The molecule has 11 heteroatoms. The Morgan fingerprint density at radius 2 is 1.65 bits per heavy atom. The molecule has 3 fully saturated rings. The van der Waals surface area contributed by atoms with Crippen LogP contribution in [0.2, 0.25) is 0 Å². The highest BCUT2D eigenvalue weighted by Crippen LogP contribution is 2.25. The Morgan fingerprint density at radius 3 is 2.23 bits per heavy atom. The van der Waals surface area contributed by atoms with Crippen molar-refractivity contribution >= 4 is 45.9 Å². The molecule has 180 valence electrons. The number of guanidine groups is 1. The van der Waals surface area contributed by atoms with Crippen molar-refractivity contribution in [2.45, 2.75) is 38.5 Å². The van der Waals surface area contributed by atoms with Gasteiger partial charge in [0.05, 0.1) is 12.3 Å². The number of carbonyl (C=O) groups is 1. The van der Waals surface area contributed by atoms with Gasteiger partial charge in [-0.15, -0.1) is 24.0 Å². The summed E-state index contributed by atoms with van der Waals surface area (Å²) in [6.07, 6.45) is 6.93. The van der Waals surface area contributed by atoms with Crippen LogP contribution in [0, 0.1) is 5.92 Å². The number of nitrogens with one attached hydrogen (secondary N) is 2. The van der Waals surface area contributed by atoms with E-state index in [1.54, 1.807) is 7.05 Å². The van der Waals surface area contributed by atoms with E-state index in [1.165, 1.54) is 12.8 Å². The zero-order valence-corrected chi connectivity index (χ0v) is 21.9. The normalized spacial score (nSPS) is 21.4. The maximum Gasteiger partial charge on any atom is 0.236 e. The first-order valence-electron chi connectivity index (χ1n) is 11.4. The minimum absolute atomic E-state index is 0. The molecule has 1 aliphatic carbocycles. The second kappa shape index (κ2) is 13.1. The van der Waals surface area contributed by atoms with Crippen LogP contribution in [0.3, 0.4) is 0 Å². The van der Waals surface area contributed by atoms with Crippen molar-refractivity contribution in [3.8, 4) is 0 Å². The Bertz CT molecular complexity index is 687. The van der Waals surface area contributed by atoms with E-state index in [0.29, 0.717) is 25.6 Å². The first-order chi connectivity index (χ1) is 14.5. The number of rotatable bonds is 8. The molecule has 2 aliphatic heterocycles. The average Bonchev–Trinajstić information content (AvgIpc) is 2.71. The van der Waals surface area contributed by atoms with Crippen molar-refractivity contribution in [1.29, 1.82) is 0 Å². The van der Waals surface area contributed by atoms with Crippen LogP contribution in [0.25, 0.3) is 0 Å². The van der Waals surface area contributed by atoms with Crippen LogP contribution in [0.15, 0.2) is 4.99 Å². The van der Waals surface area contributed by atoms with E-state index in [9.17, 15) is 13.2 Å². The smallest absolute Gasteiger partial charge is 0.236 e. The predicted molar refractivity (Wildman–Crippen MR) is 134 cm³/mol. The molecule has 0 unspecified atom stereocenters. The number of sulfonamides is 1. The monoisotopic (exact) mass is 570 g/mol. The Labute approximate surface area is 204 Å². The molecule has 2 N–H and O–H groups in total. The molecule has 0 spiro atoms. The molecule has 1 amide bonds. The van der Waals surface area contributed by atoms with E-state index in [0.717, 1.165) is 70.9 Å². The highest BCUT2D eigenvalue weighted by atomic mass is 127. The van der Waals surface area contributed by atoms with Gasteiger partial charge in [0.25, 0.3) is 0 Å². The summed E-state index contributed by atoms with van der Waals surface area (Å²) >= 11 is 0. The van der Waals surface area contributed by atoms with Gasteiger partial charge in [0.15, 0.2) is 5.96 Å². The topological polar surface area (TPSA) is 97.3 Å². The highest BCUT2D eigenvalue weighted by molar-refractivity contribution is 14.0. The van der Waals surface area contributed by atoms with Gasteiger partial charge in [-0.1, -0.05) is 6.42 Å². The van der Waals surface area contributed by atoms with E-state index in [1.807, 2.05) is 4.90 Å². The Hall–Kier alpha value is -0.660. The van der Waals surface area contributed by atoms with E-state index < -0.39 is 10.0 Å². The van der Waals surface area contributed by atoms with Gasteiger partial charge in [0.1, 0.15) is 0 Å². The number of piperidine rings is 1. The number of hydrogen-bond acceptors (Lipinski definition) is 5. The number of likely N-dealkylation sites (tertiary alicyclic amines) is 1. The summed E-state index contributed by atoms with van der Waals surface area (Å²) in [5.41, 5.74) is 0. The zero-order valence-electron chi connectivity index (χ0n) is 18.7. The number of halogens is 1. The third-order valence-corrected chi connectivity index (χ3v) is 7.77. The lowest BCUT2D eigenvalue weighted by atomic mass is 9.86. The van der Waals surface area contributed by atoms with Crippen molar-refractivity contribution in [3.63, 3.8) is 0 Å². The Balaban J connectivity index is 0.00000341. The highest BCUT2D eigenvalue weighted by Gasteiger charge is 2.24. The SMILES string of the molecule is CN=C(NCCS(=O)(=O)NCC1CCC1)N1CCN(CC(=O)N2CCCCC2)CC1.I. The maximum absolute atomic E-state index is 12.5. The van der Waals surface area contributed by atoms with Crippen LogP contribution >= 0.6 is 24.0 Å². The maximum atomic E-state index is 12.5. The van der Waals surface area contributed by atoms with Crippen LogP contribution in [0.4, 0.5) is 0 Å². The number of amides is 1. The van der Waals surface area contributed by atoms with E-state index in [4.69, 9.17) is 0 Å². The van der Waals surface area contributed by atoms with Gasteiger partial charge in [-0.05, 0) is 38.0 Å². The second-order valence-electron chi connectivity index (χ2n) is 8.64. The summed E-state index contributed by atoms with van der Waals surface area (Å²) in [4.78, 5) is 23.1. The molecule has 9 nitrogen and oxygen atoms in total. The first-order valence-corrected chi connectivity index (χ1v) is 13.0. The molecule has 0 atom stereocenters. The van der Waals surface area contributed by atoms with E-state index in [2.05, 4.69) is 24.8 Å². The fourth-order valence-electron chi connectivity index (χ4n) is 4.20. The van der Waals surface area contributed by atoms with Gasteiger partial charge in [0, 0.05) is 59.4 Å². The molecule has 2 saturated heterocycles. The standard InChI is InChI=1S/C20H38N6O3S.HI/c1-21-20(22-8-15-30(28,29)23-16-18-6-5-7-18)26-13-11-24(12-14-26)17-19(27)25-9-3-2-4-10-25;/h18,23H,2-17H2,1H3,(H,21,22);1H. The summed E-state index contributed by atoms with van der Waals surface area (Å²) in [5.74, 6) is 1.53. The average molecular weight is 571 g/mol. The predicted octanol–water partition coefficient (Wildman–Crippen LogP) is 0.529. The van der Waals surface area contributed by atoms with E-state index in [-0.39, 0.29) is 35.6 Å². The van der Waals surface area contributed by atoms with Crippen molar-refractivity contribution in [3.05, 3.63) is 0 Å². The number of nitrogens with zero attached hydrogens (tertiary/aromatic N) is 4. The summed E-state index contributed by atoms with van der Waals surface area (Å²) in [5, 5.41) is 3.18. The molecule has 0 radical (unpaired) electrons. The van der Waals surface area contributed by atoms with Crippen molar-refractivity contribution in [2.24, 2.45) is 10.9 Å². The van der Waals surface area contributed by atoms with Crippen LogP contribution in [-0.2, 0) is 14.8 Å². The minimum Gasteiger partial charge on any atom is -0.355 e. The molecule has 0 aromatic heterocycles. The fraction of sp³-hybridized carbons (Fsp3) is 0.900. The van der Waals surface area contributed by atoms with Gasteiger partial charge < -0.3 is 15.1 Å². The molecular weight excluding hydrogens is 531 g/mol. The molecule has 1 saturated carbocycles. The molecule has 2 heterocycles. The summed E-state index contributed by atoms with van der Waals surface area (Å²) in [7, 11) is -1.54. The lowest BCUT2D eigenvalue weighted by Crippen LogP contribution is -2.55. The molecule has 3 rings (SSSR count). The minimum atomic E-state index is -3.26. The Kier molecular flexibility index (Phi) is 11.3. The van der Waals surface area contributed by atoms with Crippen molar-refractivity contribution in [1.82, 2.24) is 24.7 Å². The zero-order chi connectivity index (χ0) is 21.4. The molecular formula is C20H39IN6O3S. The van der Waals surface area contributed by atoms with Crippen LogP contribution in [-0.4, -0.2) is 107 Å². The fourth-order valence-corrected chi connectivity index (χ4v) is 5.20. The molecule has 31 heavy (non-hydrogen) atoms. The van der Waals surface area contributed by atoms with E-state index >= 15 is 0 Å². The molecule has 0 bridgehead atoms. The molecule has 0 aromatic carbocycles. The number of aliphatic imine (C=N–C) groups is 1. The van der Waals surface area contributed by atoms with Crippen LogP contribution in [0.1, 0.15) is 38.5 Å². The van der Waals surface area contributed by atoms with Crippen molar-refractivity contribution in [2.75, 3.05) is 71.7 Å². The number of hydrogen-bond donors (Lipinski definition) is 2. The number of carbonyl (C=O) groups excluding carboxylic acids is 1. The third-order valence-electron chi connectivity index (χ3n) is 6.42. The van der Waals surface area contributed by atoms with Gasteiger partial charge in [-0.2, -0.15) is 0 Å². The molecule has 0 aromatic rings. The summed E-state index contributed by atoms with van der Waals surface area (Å²) < 4.78 is 27.0. The first kappa shape index (κ1) is 26.6. The van der Waals surface area contributed by atoms with Gasteiger partial charge in [-0.25, -0.2) is 13.1 Å². The van der Waals surface area contributed by atoms with Gasteiger partial charge >= 0.3 is 0 Å². The van der Waals surface area contributed by atoms with Crippen molar-refractivity contribution < 1.29 is 13.2 Å². The van der Waals surface area contributed by atoms with Crippen LogP contribution < -0.4 is 10.0 Å². The summed E-state index contributed by atoms with van der Waals surface area (Å²) in [6, 6.07) is 0.